The quantitative estimate of drug-likeness (QED) is 0.780. The Hall–Kier alpha value is -1.52. The van der Waals surface area contributed by atoms with Crippen molar-refractivity contribution < 1.29 is 13.5 Å². The van der Waals surface area contributed by atoms with Crippen molar-refractivity contribution in [3.05, 3.63) is 52.0 Å². The molecule has 0 atom stereocenters. The molecule has 0 fully saturated rings. The molecule has 2 N–H and O–H groups in total. The van der Waals surface area contributed by atoms with Crippen LogP contribution in [0.3, 0.4) is 0 Å². The van der Waals surface area contributed by atoms with Gasteiger partial charge < -0.3 is 10.5 Å². The molecule has 0 aliphatic heterocycles. The zero-order valence-electron chi connectivity index (χ0n) is 9.54. The lowest BCUT2D eigenvalue weighted by molar-refractivity contribution is 0.148. The fraction of sp³-hybridized carbons (Fsp3) is 0.0769. The Bertz CT molecular complexity index is 605. The summed E-state index contributed by atoms with van der Waals surface area (Å²) in [6, 6.07) is 8.74. The van der Waals surface area contributed by atoms with Crippen LogP contribution in [0.25, 0.3) is 0 Å². The summed E-state index contributed by atoms with van der Waals surface area (Å²) >= 11 is 11.8. The Balaban J connectivity index is 2.41. The van der Waals surface area contributed by atoms with Crippen LogP contribution in [0, 0.1) is 0 Å². The first-order valence-corrected chi connectivity index (χ1v) is 6.04. The summed E-state index contributed by atoms with van der Waals surface area (Å²) in [6.07, 6.45) is -2.70. The molecule has 19 heavy (non-hydrogen) atoms. The van der Waals surface area contributed by atoms with E-state index >= 15 is 0 Å². The Morgan fingerprint density at radius 3 is 2.47 bits per heavy atom. The molecule has 0 saturated carbocycles. The van der Waals surface area contributed by atoms with Crippen molar-refractivity contribution in [2.24, 2.45) is 0 Å². The van der Waals surface area contributed by atoms with E-state index in [-0.39, 0.29) is 32.8 Å². The van der Waals surface area contributed by atoms with E-state index < -0.39 is 6.43 Å². The zero-order valence-corrected chi connectivity index (χ0v) is 11.1. The average molecular weight is 304 g/mol. The smallest absolute Gasteiger partial charge is 0.267 e. The highest BCUT2D eigenvalue weighted by Crippen LogP contribution is 2.38. The molecule has 2 nitrogen and oxygen atoms in total. The van der Waals surface area contributed by atoms with Gasteiger partial charge in [-0.15, -0.1) is 0 Å². The zero-order chi connectivity index (χ0) is 14.0. The van der Waals surface area contributed by atoms with Crippen LogP contribution in [0.4, 0.5) is 14.5 Å². The van der Waals surface area contributed by atoms with E-state index in [2.05, 4.69) is 0 Å². The van der Waals surface area contributed by atoms with E-state index in [1.807, 2.05) is 0 Å². The van der Waals surface area contributed by atoms with Crippen molar-refractivity contribution in [1.82, 2.24) is 0 Å². The van der Waals surface area contributed by atoms with Crippen LogP contribution < -0.4 is 10.5 Å². The number of hydrogen-bond donors (Lipinski definition) is 1. The molecule has 2 aromatic carbocycles. The first-order chi connectivity index (χ1) is 8.99. The number of halogens is 4. The molecule has 6 heteroatoms. The summed E-state index contributed by atoms with van der Waals surface area (Å²) in [6.45, 7) is 0. The normalized spacial score (nSPS) is 10.8. The van der Waals surface area contributed by atoms with Gasteiger partial charge in [0.1, 0.15) is 16.5 Å². The fourth-order valence-corrected chi connectivity index (χ4v) is 1.84. The predicted molar refractivity (Wildman–Crippen MR) is 72.3 cm³/mol. The van der Waals surface area contributed by atoms with Crippen LogP contribution in [0.15, 0.2) is 36.4 Å². The van der Waals surface area contributed by atoms with E-state index in [4.69, 9.17) is 33.7 Å². The Kier molecular flexibility index (Phi) is 4.12. The molecular weight excluding hydrogens is 295 g/mol. The second-order valence-corrected chi connectivity index (χ2v) is 4.54. The summed E-state index contributed by atoms with van der Waals surface area (Å²) in [7, 11) is 0. The van der Waals surface area contributed by atoms with E-state index in [1.165, 1.54) is 18.2 Å². The number of nitrogen functional groups attached to an aromatic ring is 1. The van der Waals surface area contributed by atoms with E-state index in [0.29, 0.717) is 0 Å². The van der Waals surface area contributed by atoms with E-state index in [0.717, 1.165) is 0 Å². The SMILES string of the molecule is Nc1ccc(Oc2cccc(Cl)c2Cl)c(C(F)F)c1. The molecule has 0 saturated heterocycles. The van der Waals surface area contributed by atoms with Crippen LogP contribution in [-0.2, 0) is 0 Å². The second kappa shape index (κ2) is 5.63. The van der Waals surface area contributed by atoms with Gasteiger partial charge in [-0.05, 0) is 30.3 Å². The minimum absolute atomic E-state index is 0.00614. The minimum Gasteiger partial charge on any atom is -0.455 e. The largest absolute Gasteiger partial charge is 0.455 e. The van der Waals surface area contributed by atoms with Gasteiger partial charge in [0.05, 0.1) is 10.6 Å². The molecule has 0 aliphatic carbocycles. The lowest BCUT2D eigenvalue weighted by Gasteiger charge is -2.12. The Morgan fingerprint density at radius 2 is 1.79 bits per heavy atom. The van der Waals surface area contributed by atoms with Gasteiger partial charge in [-0.2, -0.15) is 0 Å². The van der Waals surface area contributed by atoms with Crippen molar-refractivity contribution in [1.29, 1.82) is 0 Å². The summed E-state index contributed by atoms with van der Waals surface area (Å²) in [5, 5.41) is 0.453. The van der Waals surface area contributed by atoms with Gasteiger partial charge in [-0.25, -0.2) is 8.78 Å². The maximum absolute atomic E-state index is 12.9. The predicted octanol–water partition coefficient (Wildman–Crippen LogP) is 5.31. The van der Waals surface area contributed by atoms with Crippen molar-refractivity contribution in [3.8, 4) is 11.5 Å². The lowest BCUT2D eigenvalue weighted by Crippen LogP contribution is -1.95. The first-order valence-electron chi connectivity index (χ1n) is 5.28. The number of rotatable bonds is 3. The summed E-state index contributed by atoms with van der Waals surface area (Å²) in [5.74, 6) is 0.203. The Labute approximate surface area is 118 Å². The number of alkyl halides is 2. The van der Waals surface area contributed by atoms with Crippen molar-refractivity contribution in [3.63, 3.8) is 0 Å². The highest BCUT2D eigenvalue weighted by atomic mass is 35.5. The number of ether oxygens (including phenoxy) is 1. The van der Waals surface area contributed by atoms with Gasteiger partial charge in [0.15, 0.2) is 0 Å². The molecule has 2 rings (SSSR count). The fourth-order valence-electron chi connectivity index (χ4n) is 1.51. The van der Waals surface area contributed by atoms with Gasteiger partial charge in [-0.3, -0.25) is 0 Å². The molecule has 0 bridgehead atoms. The number of anilines is 1. The highest BCUT2D eigenvalue weighted by molar-refractivity contribution is 6.42. The summed E-state index contributed by atoms with van der Waals surface area (Å²) in [4.78, 5) is 0. The van der Waals surface area contributed by atoms with E-state index in [1.54, 1.807) is 18.2 Å². The minimum atomic E-state index is -2.70. The molecule has 100 valence electrons. The Morgan fingerprint density at radius 1 is 1.05 bits per heavy atom. The molecule has 0 amide bonds. The van der Waals surface area contributed by atoms with Crippen molar-refractivity contribution in [2.75, 3.05) is 5.73 Å². The third-order valence-electron chi connectivity index (χ3n) is 2.41. The van der Waals surface area contributed by atoms with Crippen molar-refractivity contribution >= 4 is 28.9 Å². The third kappa shape index (κ3) is 3.08. The number of nitrogens with two attached hydrogens (primary N) is 1. The topological polar surface area (TPSA) is 35.2 Å². The summed E-state index contributed by atoms with van der Waals surface area (Å²) < 4.78 is 31.2. The maximum atomic E-state index is 12.9. The summed E-state index contributed by atoms with van der Waals surface area (Å²) in [5.41, 5.74) is 5.42. The van der Waals surface area contributed by atoms with Crippen LogP contribution in [0.1, 0.15) is 12.0 Å². The van der Waals surface area contributed by atoms with Crippen LogP contribution in [0.5, 0.6) is 11.5 Å². The highest BCUT2D eigenvalue weighted by Gasteiger charge is 2.16. The molecule has 0 spiro atoms. The van der Waals surface area contributed by atoms with E-state index in [9.17, 15) is 8.78 Å². The molecule has 0 aromatic heterocycles. The molecule has 0 radical (unpaired) electrons. The molecule has 0 aliphatic rings. The van der Waals surface area contributed by atoms with Crippen molar-refractivity contribution in [2.45, 2.75) is 6.43 Å². The average Bonchev–Trinajstić information content (AvgIpc) is 2.36. The van der Waals surface area contributed by atoms with Gasteiger partial charge in [0.25, 0.3) is 6.43 Å². The van der Waals surface area contributed by atoms with Gasteiger partial charge in [-0.1, -0.05) is 29.3 Å². The maximum Gasteiger partial charge on any atom is 0.267 e. The first kappa shape index (κ1) is 13.9. The van der Waals surface area contributed by atoms with Gasteiger partial charge in [0.2, 0.25) is 0 Å². The van der Waals surface area contributed by atoms with Gasteiger partial charge >= 0.3 is 0 Å². The van der Waals surface area contributed by atoms with Crippen LogP contribution in [-0.4, -0.2) is 0 Å². The monoisotopic (exact) mass is 303 g/mol. The van der Waals surface area contributed by atoms with Crippen LogP contribution >= 0.6 is 23.2 Å². The number of benzene rings is 2. The standard InChI is InChI=1S/C13H9Cl2F2NO/c14-9-2-1-3-11(12(9)15)19-10-5-4-7(18)6-8(10)13(16)17/h1-6,13H,18H2. The van der Waals surface area contributed by atoms with Crippen LogP contribution in [0.2, 0.25) is 10.0 Å². The third-order valence-corrected chi connectivity index (χ3v) is 3.21. The molecule has 0 heterocycles. The second-order valence-electron chi connectivity index (χ2n) is 3.75. The number of hydrogen-bond acceptors (Lipinski definition) is 2. The molecular formula is C13H9Cl2F2NO. The van der Waals surface area contributed by atoms with Gasteiger partial charge in [0, 0.05) is 5.69 Å². The molecule has 0 unspecified atom stereocenters. The lowest BCUT2D eigenvalue weighted by atomic mass is 10.2. The molecule has 2 aromatic rings.